The lowest BCUT2D eigenvalue weighted by atomic mass is 10.0. The molecule has 0 aromatic heterocycles. The molecule has 0 saturated heterocycles. The van der Waals surface area contributed by atoms with E-state index in [4.69, 9.17) is 14.2 Å². The summed E-state index contributed by atoms with van der Waals surface area (Å²) < 4.78 is 17.0. The van der Waals surface area contributed by atoms with E-state index in [1.54, 1.807) is 0 Å². The van der Waals surface area contributed by atoms with Crippen LogP contribution in [0.1, 0.15) is 355 Å². The van der Waals surface area contributed by atoms with Crippen molar-refractivity contribution in [2.75, 3.05) is 13.2 Å². The van der Waals surface area contributed by atoms with Gasteiger partial charge in [-0.2, -0.15) is 0 Å². The van der Waals surface area contributed by atoms with E-state index in [0.717, 1.165) is 96.3 Å². The van der Waals surface area contributed by atoms with E-state index in [0.29, 0.717) is 19.3 Å². The third-order valence-corrected chi connectivity index (χ3v) is 15.2. The maximum Gasteiger partial charge on any atom is 0.306 e. The minimum Gasteiger partial charge on any atom is -0.462 e. The molecule has 79 heavy (non-hydrogen) atoms. The normalized spacial score (nSPS) is 12.5. The fraction of sp³-hybridized carbons (Fsp3) is 0.795. The van der Waals surface area contributed by atoms with E-state index < -0.39 is 6.10 Å². The highest BCUT2D eigenvalue weighted by Gasteiger charge is 2.19. The monoisotopic (exact) mass is 1100 g/mol. The number of unbranched alkanes of at least 4 members (excludes halogenated alkanes) is 40. The summed E-state index contributed by atoms with van der Waals surface area (Å²) in [5.41, 5.74) is 0. The van der Waals surface area contributed by atoms with E-state index in [1.165, 1.54) is 218 Å². The van der Waals surface area contributed by atoms with Gasteiger partial charge in [0.1, 0.15) is 13.2 Å². The molecule has 0 aliphatic carbocycles. The van der Waals surface area contributed by atoms with Crippen molar-refractivity contribution < 1.29 is 28.6 Å². The van der Waals surface area contributed by atoms with Crippen LogP contribution in [0.15, 0.2) is 72.9 Å². The van der Waals surface area contributed by atoms with Gasteiger partial charge < -0.3 is 14.2 Å². The second kappa shape index (κ2) is 67.4. The summed E-state index contributed by atoms with van der Waals surface area (Å²) in [6, 6.07) is 0. The van der Waals surface area contributed by atoms with E-state index in [-0.39, 0.29) is 31.1 Å². The van der Waals surface area contributed by atoms with Gasteiger partial charge in [-0.3, -0.25) is 14.4 Å². The molecule has 0 aliphatic rings. The first-order valence-corrected chi connectivity index (χ1v) is 34.4. The quantitative estimate of drug-likeness (QED) is 0.0261. The molecule has 6 nitrogen and oxygen atoms in total. The maximum absolute atomic E-state index is 12.9. The van der Waals surface area contributed by atoms with Gasteiger partial charge in [-0.05, 0) is 89.9 Å². The third-order valence-electron chi connectivity index (χ3n) is 15.2. The molecule has 0 N–H and O–H groups in total. The molecule has 0 fully saturated rings. The summed E-state index contributed by atoms with van der Waals surface area (Å²) in [6.07, 6.45) is 87.8. The highest BCUT2D eigenvalue weighted by atomic mass is 16.6. The second-order valence-corrected chi connectivity index (χ2v) is 23.1. The molecule has 0 radical (unpaired) electrons. The van der Waals surface area contributed by atoms with Crippen LogP contribution in [0.4, 0.5) is 0 Å². The number of allylic oxidation sites excluding steroid dienone is 12. The van der Waals surface area contributed by atoms with Gasteiger partial charge in [-0.15, -0.1) is 0 Å². The van der Waals surface area contributed by atoms with Gasteiger partial charge in [-0.25, -0.2) is 0 Å². The van der Waals surface area contributed by atoms with E-state index in [2.05, 4.69) is 93.7 Å². The van der Waals surface area contributed by atoms with Crippen LogP contribution in [-0.4, -0.2) is 37.2 Å². The van der Waals surface area contributed by atoms with E-state index in [9.17, 15) is 14.4 Å². The van der Waals surface area contributed by atoms with Crippen LogP contribution in [0, 0.1) is 0 Å². The van der Waals surface area contributed by atoms with Crippen LogP contribution in [0.2, 0.25) is 0 Å². The molecule has 0 aromatic rings. The lowest BCUT2D eigenvalue weighted by Gasteiger charge is -2.18. The number of esters is 3. The zero-order valence-corrected chi connectivity index (χ0v) is 52.6. The van der Waals surface area contributed by atoms with Gasteiger partial charge in [0, 0.05) is 19.3 Å². The molecular formula is C73H130O6. The Balaban J connectivity index is 4.24. The minimum atomic E-state index is -0.778. The highest BCUT2D eigenvalue weighted by Crippen LogP contribution is 2.18. The predicted molar refractivity (Wildman–Crippen MR) is 344 cm³/mol. The van der Waals surface area contributed by atoms with Crippen LogP contribution >= 0.6 is 0 Å². The van der Waals surface area contributed by atoms with Crippen molar-refractivity contribution in [3.63, 3.8) is 0 Å². The molecule has 0 amide bonds. The first kappa shape index (κ1) is 75.8. The summed E-state index contributed by atoms with van der Waals surface area (Å²) >= 11 is 0. The van der Waals surface area contributed by atoms with Crippen LogP contribution in [0.3, 0.4) is 0 Å². The minimum absolute atomic E-state index is 0.0733. The van der Waals surface area contributed by atoms with Gasteiger partial charge in [0.05, 0.1) is 0 Å². The molecule has 0 rings (SSSR count). The molecule has 1 atom stereocenters. The number of carbonyl (C=O) groups is 3. The second-order valence-electron chi connectivity index (χ2n) is 23.1. The van der Waals surface area contributed by atoms with Crippen molar-refractivity contribution in [3.8, 4) is 0 Å². The standard InChI is InChI=1S/C73H130O6/c1-4-7-10-13-16-19-22-25-28-30-31-32-33-34-35-36-37-38-39-40-41-43-45-48-51-54-57-60-63-66-72(75)78-69-70(68-77-71(74)65-62-59-56-53-50-47-44-27-24-21-18-15-12-9-6-3)79-73(76)67-64-61-58-55-52-49-46-42-29-26-23-20-17-14-11-8-5-2/h7,10,16-17,19-20,25-26,28-29,31-32,70H,4-6,8-9,11-15,18,21-24,27,30,33-69H2,1-3H3/b10-7-,19-16-,20-17-,28-25-,29-26-,32-31-. The van der Waals surface area contributed by atoms with Gasteiger partial charge in [0.25, 0.3) is 0 Å². The molecule has 0 spiro atoms. The molecule has 0 heterocycles. The summed E-state index contributed by atoms with van der Waals surface area (Å²) in [5, 5.41) is 0. The Bertz CT molecular complexity index is 1450. The largest absolute Gasteiger partial charge is 0.462 e. The van der Waals surface area contributed by atoms with Crippen LogP contribution in [0.25, 0.3) is 0 Å². The summed E-state index contributed by atoms with van der Waals surface area (Å²) in [6.45, 7) is 6.55. The number of hydrogen-bond donors (Lipinski definition) is 0. The average Bonchev–Trinajstić information content (AvgIpc) is 3.45. The summed E-state index contributed by atoms with van der Waals surface area (Å²) in [4.78, 5) is 38.4. The summed E-state index contributed by atoms with van der Waals surface area (Å²) in [5.74, 6) is -0.859. The Labute approximate surface area is 491 Å². The molecular weight excluding hydrogens is 973 g/mol. The molecule has 0 saturated carbocycles. The maximum atomic E-state index is 12.9. The Hall–Kier alpha value is -3.15. The molecule has 0 aromatic carbocycles. The van der Waals surface area contributed by atoms with Crippen LogP contribution in [0.5, 0.6) is 0 Å². The number of rotatable bonds is 63. The predicted octanol–water partition coefficient (Wildman–Crippen LogP) is 23.7. The van der Waals surface area contributed by atoms with Crippen molar-refractivity contribution in [2.24, 2.45) is 0 Å². The molecule has 0 bridgehead atoms. The van der Waals surface area contributed by atoms with Gasteiger partial charge >= 0.3 is 17.9 Å². The number of carbonyl (C=O) groups excluding carboxylic acids is 3. The van der Waals surface area contributed by atoms with Crippen molar-refractivity contribution in [1.82, 2.24) is 0 Å². The molecule has 6 heteroatoms. The fourth-order valence-corrected chi connectivity index (χ4v) is 10.1. The van der Waals surface area contributed by atoms with Crippen molar-refractivity contribution >= 4 is 17.9 Å². The number of hydrogen-bond acceptors (Lipinski definition) is 6. The first-order valence-electron chi connectivity index (χ1n) is 34.4. The fourth-order valence-electron chi connectivity index (χ4n) is 10.1. The Morgan fingerprint density at radius 2 is 0.494 bits per heavy atom. The van der Waals surface area contributed by atoms with Gasteiger partial charge in [-0.1, -0.05) is 318 Å². The van der Waals surface area contributed by atoms with Crippen molar-refractivity contribution in [3.05, 3.63) is 72.9 Å². The van der Waals surface area contributed by atoms with Crippen LogP contribution in [-0.2, 0) is 28.6 Å². The highest BCUT2D eigenvalue weighted by molar-refractivity contribution is 5.71. The smallest absolute Gasteiger partial charge is 0.306 e. The van der Waals surface area contributed by atoms with Crippen LogP contribution < -0.4 is 0 Å². The molecule has 1 unspecified atom stereocenters. The van der Waals surface area contributed by atoms with Gasteiger partial charge in [0.15, 0.2) is 6.10 Å². The zero-order chi connectivity index (χ0) is 57.1. The van der Waals surface area contributed by atoms with Crippen molar-refractivity contribution in [1.29, 1.82) is 0 Å². The lowest BCUT2D eigenvalue weighted by Crippen LogP contribution is -2.30. The SMILES string of the molecule is CC/C=C\C/C=C\C/C=C\C/C=C\CCCCCCCCCCCCCCCCCCC(=O)OCC(COC(=O)CCCCCCCCCCCCCCCCC)OC(=O)CCCCCCCCC/C=C\C/C=C\CCCCC. The van der Waals surface area contributed by atoms with Gasteiger partial charge in [0.2, 0.25) is 0 Å². The third kappa shape index (κ3) is 65.5. The first-order chi connectivity index (χ1) is 39.0. The topological polar surface area (TPSA) is 78.9 Å². The molecule has 0 aliphatic heterocycles. The van der Waals surface area contributed by atoms with E-state index in [1.807, 2.05) is 0 Å². The zero-order valence-electron chi connectivity index (χ0n) is 52.6. The summed E-state index contributed by atoms with van der Waals surface area (Å²) in [7, 11) is 0. The average molecular weight is 1100 g/mol. The Kier molecular flexibility index (Phi) is 64.7. The molecule has 458 valence electrons. The Morgan fingerprint density at radius 1 is 0.266 bits per heavy atom. The Morgan fingerprint density at radius 3 is 0.797 bits per heavy atom. The van der Waals surface area contributed by atoms with Crippen molar-refractivity contribution in [2.45, 2.75) is 361 Å². The van der Waals surface area contributed by atoms with E-state index >= 15 is 0 Å². The number of ether oxygens (including phenoxy) is 3. The lowest BCUT2D eigenvalue weighted by molar-refractivity contribution is -0.167.